The molecule has 2 aromatic rings. The average molecular weight is 310 g/mol. The van der Waals surface area contributed by atoms with Crippen LogP contribution in [0.2, 0.25) is 0 Å². The van der Waals surface area contributed by atoms with E-state index in [1.165, 1.54) is 17.2 Å². The van der Waals surface area contributed by atoms with E-state index in [2.05, 4.69) is 20.4 Å². The van der Waals surface area contributed by atoms with Gasteiger partial charge in [-0.25, -0.2) is 18.4 Å². The van der Waals surface area contributed by atoms with Gasteiger partial charge in [0.25, 0.3) is 0 Å². The number of nitrogens with one attached hydrogen (secondary N) is 1. The predicted molar refractivity (Wildman–Crippen MR) is 80.1 cm³/mol. The fourth-order valence-electron chi connectivity index (χ4n) is 1.87. The summed E-state index contributed by atoms with van der Waals surface area (Å²) in [6, 6.07) is 1.60. The Labute approximate surface area is 123 Å². The van der Waals surface area contributed by atoms with Crippen LogP contribution in [0.15, 0.2) is 23.5 Å². The average Bonchev–Trinajstić information content (AvgIpc) is 2.77. The van der Waals surface area contributed by atoms with Gasteiger partial charge in [0.15, 0.2) is 26.4 Å². The SMILES string of the molecule is CCCCNc1nn(-c2ccncn2)c(N)c1S(C)(=O)=O. The number of nitrogens with zero attached hydrogens (tertiary/aromatic N) is 4. The van der Waals surface area contributed by atoms with Gasteiger partial charge in [0.05, 0.1) is 0 Å². The largest absolute Gasteiger partial charge is 0.382 e. The van der Waals surface area contributed by atoms with Crippen molar-refractivity contribution in [3.8, 4) is 5.82 Å². The number of aromatic nitrogens is 4. The third kappa shape index (κ3) is 3.30. The van der Waals surface area contributed by atoms with E-state index >= 15 is 0 Å². The number of rotatable bonds is 6. The molecular formula is C12H18N6O2S. The van der Waals surface area contributed by atoms with Crippen molar-refractivity contribution in [2.24, 2.45) is 0 Å². The Morgan fingerprint density at radius 2 is 2.19 bits per heavy atom. The van der Waals surface area contributed by atoms with Gasteiger partial charge < -0.3 is 11.1 Å². The van der Waals surface area contributed by atoms with Crippen molar-refractivity contribution in [3.05, 3.63) is 18.6 Å². The first kappa shape index (κ1) is 15.2. The van der Waals surface area contributed by atoms with Crippen molar-refractivity contribution in [2.45, 2.75) is 24.7 Å². The van der Waals surface area contributed by atoms with Crippen LogP contribution in [0.25, 0.3) is 5.82 Å². The molecule has 2 rings (SSSR count). The minimum Gasteiger partial charge on any atom is -0.382 e. The number of nitrogens with two attached hydrogens (primary N) is 1. The summed E-state index contributed by atoms with van der Waals surface area (Å²) in [4.78, 5) is 7.84. The summed E-state index contributed by atoms with van der Waals surface area (Å²) in [7, 11) is -3.50. The molecule has 0 spiro atoms. The molecule has 0 aliphatic carbocycles. The summed E-state index contributed by atoms with van der Waals surface area (Å²) in [5.41, 5.74) is 5.95. The van der Waals surface area contributed by atoms with Gasteiger partial charge in [0.1, 0.15) is 12.1 Å². The highest BCUT2D eigenvalue weighted by molar-refractivity contribution is 7.91. The summed E-state index contributed by atoms with van der Waals surface area (Å²) < 4.78 is 25.2. The lowest BCUT2D eigenvalue weighted by Crippen LogP contribution is -2.07. The number of hydrogen-bond acceptors (Lipinski definition) is 7. The Morgan fingerprint density at radius 3 is 2.76 bits per heavy atom. The lowest BCUT2D eigenvalue weighted by atomic mass is 10.3. The zero-order valence-electron chi connectivity index (χ0n) is 11.9. The number of anilines is 2. The van der Waals surface area contributed by atoms with E-state index in [1.807, 2.05) is 6.92 Å². The summed E-state index contributed by atoms with van der Waals surface area (Å²) in [6.45, 7) is 2.67. The molecule has 0 bridgehead atoms. The first-order chi connectivity index (χ1) is 9.95. The molecular weight excluding hydrogens is 292 g/mol. The Morgan fingerprint density at radius 1 is 1.43 bits per heavy atom. The van der Waals surface area contributed by atoms with Gasteiger partial charge >= 0.3 is 0 Å². The maximum Gasteiger partial charge on any atom is 0.182 e. The second kappa shape index (κ2) is 6.08. The molecule has 0 aliphatic rings. The fourth-order valence-corrected chi connectivity index (χ4v) is 2.80. The number of unbranched alkanes of at least 4 members (excludes halogenated alkanes) is 1. The zero-order chi connectivity index (χ0) is 15.5. The van der Waals surface area contributed by atoms with Crippen molar-refractivity contribution in [1.29, 1.82) is 0 Å². The smallest absolute Gasteiger partial charge is 0.182 e. The van der Waals surface area contributed by atoms with Crippen LogP contribution in [0.5, 0.6) is 0 Å². The van der Waals surface area contributed by atoms with E-state index in [1.54, 1.807) is 6.07 Å². The van der Waals surface area contributed by atoms with Crippen LogP contribution in [0, 0.1) is 0 Å². The molecule has 21 heavy (non-hydrogen) atoms. The molecule has 0 fully saturated rings. The molecule has 0 unspecified atom stereocenters. The van der Waals surface area contributed by atoms with Crippen LogP contribution in [0.1, 0.15) is 19.8 Å². The van der Waals surface area contributed by atoms with Crippen LogP contribution >= 0.6 is 0 Å². The quantitative estimate of drug-likeness (QED) is 0.760. The van der Waals surface area contributed by atoms with Crippen LogP contribution in [-0.2, 0) is 9.84 Å². The standard InChI is InChI=1S/C12H18N6O2S/c1-3-4-6-15-12-10(21(2,19)20)11(13)18(17-12)9-5-7-14-8-16-9/h5,7-8H,3-4,6,13H2,1-2H3,(H,15,17). The van der Waals surface area contributed by atoms with Crippen LogP contribution < -0.4 is 11.1 Å². The van der Waals surface area contributed by atoms with Crippen molar-refractivity contribution in [1.82, 2.24) is 19.7 Å². The van der Waals surface area contributed by atoms with Gasteiger partial charge in [-0.05, 0) is 6.42 Å². The van der Waals surface area contributed by atoms with Gasteiger partial charge in [-0.1, -0.05) is 13.3 Å². The van der Waals surface area contributed by atoms with Crippen LogP contribution in [0.4, 0.5) is 11.6 Å². The third-order valence-corrected chi connectivity index (χ3v) is 4.00. The Kier molecular flexibility index (Phi) is 4.41. The highest BCUT2D eigenvalue weighted by atomic mass is 32.2. The maximum atomic E-state index is 11.9. The van der Waals surface area contributed by atoms with E-state index in [4.69, 9.17) is 5.73 Å². The van der Waals surface area contributed by atoms with Crippen molar-refractivity contribution in [2.75, 3.05) is 23.9 Å². The zero-order valence-corrected chi connectivity index (χ0v) is 12.8. The second-order valence-electron chi connectivity index (χ2n) is 4.59. The molecule has 0 aromatic carbocycles. The molecule has 2 aromatic heterocycles. The van der Waals surface area contributed by atoms with Crippen LogP contribution in [0.3, 0.4) is 0 Å². The summed E-state index contributed by atoms with van der Waals surface area (Å²) in [5, 5.41) is 7.25. The number of hydrogen-bond donors (Lipinski definition) is 2. The lowest BCUT2D eigenvalue weighted by molar-refractivity contribution is 0.602. The third-order valence-electron chi connectivity index (χ3n) is 2.85. The van der Waals surface area contributed by atoms with Crippen molar-refractivity contribution < 1.29 is 8.42 Å². The van der Waals surface area contributed by atoms with Gasteiger partial charge in [0, 0.05) is 25.1 Å². The minimum atomic E-state index is -3.50. The minimum absolute atomic E-state index is 0.00258. The van der Waals surface area contributed by atoms with Gasteiger partial charge in [-0.15, -0.1) is 5.10 Å². The highest BCUT2D eigenvalue weighted by Crippen LogP contribution is 2.28. The molecule has 8 nitrogen and oxygen atoms in total. The maximum absolute atomic E-state index is 11.9. The molecule has 0 saturated heterocycles. The topological polar surface area (TPSA) is 116 Å². The lowest BCUT2D eigenvalue weighted by Gasteiger charge is -2.03. The first-order valence-electron chi connectivity index (χ1n) is 6.54. The summed E-state index contributed by atoms with van der Waals surface area (Å²) in [5.74, 6) is 0.702. The Balaban J connectivity index is 2.50. The number of sulfone groups is 1. The highest BCUT2D eigenvalue weighted by Gasteiger charge is 2.24. The molecule has 0 amide bonds. The van der Waals surface area contributed by atoms with E-state index in [0.29, 0.717) is 12.4 Å². The van der Waals surface area contributed by atoms with Crippen molar-refractivity contribution >= 4 is 21.5 Å². The first-order valence-corrected chi connectivity index (χ1v) is 8.43. The van der Waals surface area contributed by atoms with E-state index in [0.717, 1.165) is 19.1 Å². The summed E-state index contributed by atoms with van der Waals surface area (Å²) >= 11 is 0. The molecule has 0 aliphatic heterocycles. The monoisotopic (exact) mass is 310 g/mol. The molecule has 0 radical (unpaired) electrons. The van der Waals surface area contributed by atoms with E-state index < -0.39 is 9.84 Å². The normalized spacial score (nSPS) is 11.5. The molecule has 0 atom stereocenters. The van der Waals surface area contributed by atoms with E-state index in [9.17, 15) is 8.42 Å². The molecule has 0 saturated carbocycles. The Bertz CT molecular complexity index is 711. The fraction of sp³-hybridized carbons (Fsp3) is 0.417. The molecule has 3 N–H and O–H groups in total. The molecule has 2 heterocycles. The Hall–Kier alpha value is -2.16. The summed E-state index contributed by atoms with van der Waals surface area (Å²) in [6.07, 6.45) is 5.89. The predicted octanol–water partition coefficient (Wildman–Crippen LogP) is 0.860. The number of nitrogen functional groups attached to an aromatic ring is 1. The molecule has 114 valence electrons. The van der Waals surface area contributed by atoms with Gasteiger partial charge in [-0.2, -0.15) is 4.68 Å². The van der Waals surface area contributed by atoms with E-state index in [-0.39, 0.29) is 16.5 Å². The molecule has 9 heteroatoms. The van der Waals surface area contributed by atoms with Crippen LogP contribution in [-0.4, -0.2) is 41.0 Å². The van der Waals surface area contributed by atoms with Gasteiger partial charge in [-0.3, -0.25) is 0 Å². The van der Waals surface area contributed by atoms with Crippen molar-refractivity contribution in [3.63, 3.8) is 0 Å². The second-order valence-corrected chi connectivity index (χ2v) is 6.55. The van der Waals surface area contributed by atoms with Gasteiger partial charge in [0.2, 0.25) is 0 Å².